The molecule has 2 fully saturated rings. The second-order valence-electron chi connectivity index (χ2n) is 19.2. The molecule has 0 N–H and O–H groups in total. The minimum atomic E-state index is 0.492. The van der Waals surface area contributed by atoms with Gasteiger partial charge in [0.05, 0.1) is 106 Å². The lowest BCUT2D eigenvalue weighted by Gasteiger charge is -2.25. The van der Waals surface area contributed by atoms with Crippen LogP contribution in [0.1, 0.15) is 0 Å². The Bertz CT molecular complexity index is 2130. The van der Waals surface area contributed by atoms with E-state index in [4.69, 9.17) is 56.8 Å². The zero-order valence-corrected chi connectivity index (χ0v) is 44.6. The summed E-state index contributed by atoms with van der Waals surface area (Å²) in [5.41, 5.74) is 0. The van der Waals surface area contributed by atoms with Crippen LogP contribution >= 0.6 is 0 Å². The summed E-state index contributed by atoms with van der Waals surface area (Å²) in [7, 11) is 0. The lowest BCUT2D eigenvalue weighted by Crippen LogP contribution is -2.36. The van der Waals surface area contributed by atoms with E-state index >= 15 is 0 Å². The third-order valence-corrected chi connectivity index (χ3v) is 14.2. The summed E-state index contributed by atoms with van der Waals surface area (Å²) in [5, 5.41) is 8.15. The Morgan fingerprint density at radius 3 is 0.487 bits per heavy atom. The average Bonchev–Trinajstić information content (AvgIpc) is 3.49. The van der Waals surface area contributed by atoms with E-state index in [1.807, 2.05) is 0 Å². The zero-order valence-electron chi connectivity index (χ0n) is 44.6. The van der Waals surface area contributed by atoms with Crippen LogP contribution in [0.3, 0.4) is 0 Å². The molecular weight excluding hydrogens is 969 g/mol. The molecule has 16 heteroatoms. The summed E-state index contributed by atoms with van der Waals surface area (Å²) in [6.45, 7) is 19.4. The van der Waals surface area contributed by atoms with Crippen molar-refractivity contribution in [2.45, 2.75) is 0 Å². The SMILES string of the molecule is c1ccc2c3c4ccccc4c(c2c1)OCCN1CCOCCOCCN(CCOCCOCC1)CCOc1c2ccccc2c(c2ccccc12)OCCN1CCOCCOCCN(CCOCCOCC1)CCO3. The van der Waals surface area contributed by atoms with Gasteiger partial charge in [-0.05, 0) is 0 Å². The Hall–Kier alpha value is -4.92. The molecule has 10 heterocycles. The number of benzene rings is 6. The summed E-state index contributed by atoms with van der Waals surface area (Å²) in [6, 6.07) is 33.5. The van der Waals surface area contributed by atoms with Gasteiger partial charge >= 0.3 is 0 Å². The molecule has 0 unspecified atom stereocenters. The molecule has 16 nitrogen and oxygen atoms in total. The van der Waals surface area contributed by atoms with Gasteiger partial charge in [0.2, 0.25) is 0 Å². The summed E-state index contributed by atoms with van der Waals surface area (Å²) >= 11 is 0. The summed E-state index contributed by atoms with van der Waals surface area (Å²) < 4.78 is 76.1. The van der Waals surface area contributed by atoms with Gasteiger partial charge in [0, 0.05) is 122 Å². The summed E-state index contributed by atoms with van der Waals surface area (Å²) in [5.74, 6) is 3.43. The van der Waals surface area contributed by atoms with Crippen LogP contribution in [0.25, 0.3) is 43.1 Å². The van der Waals surface area contributed by atoms with E-state index in [0.717, 1.165) is 118 Å². The van der Waals surface area contributed by atoms with Crippen LogP contribution in [0.2, 0.25) is 0 Å². The van der Waals surface area contributed by atoms with Crippen molar-refractivity contribution in [2.75, 3.05) is 211 Å². The van der Waals surface area contributed by atoms with Crippen LogP contribution in [0.5, 0.6) is 23.0 Å². The molecule has 0 saturated carbocycles. The van der Waals surface area contributed by atoms with E-state index in [1.54, 1.807) is 0 Å². The molecule has 6 aromatic carbocycles. The third-order valence-electron chi connectivity index (χ3n) is 14.2. The lowest BCUT2D eigenvalue weighted by atomic mass is 10.0. The van der Waals surface area contributed by atoms with Gasteiger partial charge in [0.25, 0.3) is 0 Å². The largest absolute Gasteiger partial charge is 0.491 e. The van der Waals surface area contributed by atoms with E-state index < -0.39 is 0 Å². The van der Waals surface area contributed by atoms with Gasteiger partial charge < -0.3 is 56.8 Å². The predicted octanol–water partition coefficient (Wildman–Crippen LogP) is 6.90. The van der Waals surface area contributed by atoms with Gasteiger partial charge in [-0.1, -0.05) is 97.1 Å². The van der Waals surface area contributed by atoms with Crippen molar-refractivity contribution >= 4 is 43.1 Å². The van der Waals surface area contributed by atoms with Crippen molar-refractivity contribution < 1.29 is 56.8 Å². The molecule has 0 atom stereocenters. The monoisotopic (exact) mass is 1050 g/mol. The third kappa shape index (κ3) is 16.6. The van der Waals surface area contributed by atoms with Gasteiger partial charge in [-0.15, -0.1) is 0 Å². The molecule has 10 aliphatic heterocycles. The topological polar surface area (TPSA) is 124 Å². The Kier molecular flexibility index (Phi) is 23.1. The molecule has 10 aliphatic rings. The quantitative estimate of drug-likeness (QED) is 0.147. The number of hydrogen-bond donors (Lipinski definition) is 0. The van der Waals surface area contributed by atoms with E-state index in [1.165, 1.54) is 0 Å². The van der Waals surface area contributed by atoms with E-state index in [-0.39, 0.29) is 0 Å². The number of nitrogens with zero attached hydrogens (tertiary/aromatic N) is 4. The van der Waals surface area contributed by atoms with Crippen LogP contribution in [-0.2, 0) is 37.9 Å². The first kappa shape index (κ1) is 55.8. The van der Waals surface area contributed by atoms with Gasteiger partial charge in [-0.25, -0.2) is 0 Å². The van der Waals surface area contributed by atoms with Crippen molar-refractivity contribution in [3.8, 4) is 23.0 Å². The molecule has 8 bridgehead atoms. The maximum Gasteiger partial charge on any atom is 0.135 e. The predicted molar refractivity (Wildman–Crippen MR) is 297 cm³/mol. The van der Waals surface area contributed by atoms with Crippen molar-refractivity contribution in [3.63, 3.8) is 0 Å². The fourth-order valence-corrected chi connectivity index (χ4v) is 10.0. The van der Waals surface area contributed by atoms with Gasteiger partial charge in [0.1, 0.15) is 49.4 Å². The maximum absolute atomic E-state index is 6.78. The number of fused-ring (bicyclic) bond motifs is 1. The highest BCUT2D eigenvalue weighted by Gasteiger charge is 2.20. The standard InChI is InChI=1S/C60H80N4O12/c1-2-10-50-49(9-1)57-51-11-3-4-12-52(51)58(50)74-38-26-62-19-31-67-45-47-71-35-23-64(24-36-72-48-46-68-32-20-62)28-40-76-60-55-15-7-5-13-53(55)59(54-14-6-8-16-56(54)60)75-39-27-63-21-33-69-43-41-65-29-17-61(25-37-73-57)18-30-66-42-44-70-34-22-63/h1-16H,17-48H2. The van der Waals surface area contributed by atoms with E-state index in [2.05, 4.69) is 117 Å². The van der Waals surface area contributed by atoms with Crippen LogP contribution in [-0.4, -0.2) is 230 Å². The van der Waals surface area contributed by atoms with Crippen molar-refractivity contribution in [1.82, 2.24) is 19.6 Å². The van der Waals surface area contributed by atoms with Crippen molar-refractivity contribution in [3.05, 3.63) is 97.1 Å². The molecule has 0 aromatic heterocycles. The fourth-order valence-electron chi connectivity index (χ4n) is 10.0. The van der Waals surface area contributed by atoms with Crippen LogP contribution < -0.4 is 18.9 Å². The Labute approximate surface area is 448 Å². The molecule has 16 rings (SSSR count). The normalized spacial score (nSPS) is 23.7. The Morgan fingerprint density at radius 2 is 0.329 bits per heavy atom. The number of hydrogen-bond acceptors (Lipinski definition) is 16. The smallest absolute Gasteiger partial charge is 0.135 e. The second-order valence-corrected chi connectivity index (χ2v) is 19.2. The maximum atomic E-state index is 6.78. The molecule has 0 aliphatic carbocycles. The van der Waals surface area contributed by atoms with E-state index in [0.29, 0.717) is 158 Å². The van der Waals surface area contributed by atoms with Gasteiger partial charge in [-0.2, -0.15) is 0 Å². The molecule has 76 heavy (non-hydrogen) atoms. The zero-order chi connectivity index (χ0) is 51.7. The number of ether oxygens (including phenoxy) is 12. The summed E-state index contributed by atoms with van der Waals surface area (Å²) in [4.78, 5) is 9.37. The molecule has 6 aromatic rings. The average molecular weight is 1050 g/mol. The minimum absolute atomic E-state index is 0.492. The molecule has 0 amide bonds. The van der Waals surface area contributed by atoms with Crippen LogP contribution in [0.15, 0.2) is 97.1 Å². The molecule has 412 valence electrons. The Balaban J connectivity index is 0.923. The molecule has 0 radical (unpaired) electrons. The highest BCUT2D eigenvalue weighted by molar-refractivity contribution is 6.12. The highest BCUT2D eigenvalue weighted by atomic mass is 16.5. The van der Waals surface area contributed by atoms with Crippen LogP contribution in [0.4, 0.5) is 0 Å². The second kappa shape index (κ2) is 31.5. The molecule has 0 spiro atoms. The lowest BCUT2D eigenvalue weighted by molar-refractivity contribution is 0.00574. The minimum Gasteiger partial charge on any atom is -0.491 e. The molecule has 2 saturated heterocycles. The van der Waals surface area contributed by atoms with E-state index in [9.17, 15) is 0 Å². The first-order valence-electron chi connectivity index (χ1n) is 27.7. The fraction of sp³-hybridized carbons (Fsp3) is 0.533. The van der Waals surface area contributed by atoms with Crippen molar-refractivity contribution in [2.24, 2.45) is 0 Å². The first-order chi connectivity index (χ1) is 37.8. The van der Waals surface area contributed by atoms with Gasteiger partial charge in [0.15, 0.2) is 0 Å². The number of rotatable bonds is 0. The van der Waals surface area contributed by atoms with Crippen molar-refractivity contribution in [1.29, 1.82) is 0 Å². The molecular formula is C60H80N4O12. The van der Waals surface area contributed by atoms with Gasteiger partial charge in [-0.3, -0.25) is 19.6 Å². The van der Waals surface area contributed by atoms with Crippen LogP contribution in [0, 0.1) is 0 Å². The first-order valence-corrected chi connectivity index (χ1v) is 27.7. The summed E-state index contributed by atoms with van der Waals surface area (Å²) in [6.07, 6.45) is 0. The highest BCUT2D eigenvalue weighted by Crippen LogP contribution is 2.44. The Morgan fingerprint density at radius 1 is 0.184 bits per heavy atom.